The number of ether oxygens (including phenoxy) is 2. The van der Waals surface area contributed by atoms with Crippen LogP contribution >= 0.6 is 11.8 Å². The topological polar surface area (TPSA) is 51.3 Å². The number of H-pyrrole nitrogens is 1. The fraction of sp³-hybridized carbons (Fsp3) is 0.348. The molecular formula is C23H25NO3S. The zero-order valence-electron chi connectivity index (χ0n) is 16.1. The van der Waals surface area contributed by atoms with Crippen molar-refractivity contribution in [2.24, 2.45) is 5.92 Å². The van der Waals surface area contributed by atoms with Crippen LogP contribution in [0.1, 0.15) is 24.1 Å². The number of rotatable bonds is 6. The second kappa shape index (κ2) is 8.84. The van der Waals surface area contributed by atoms with Gasteiger partial charge in [0.25, 0.3) is 0 Å². The van der Waals surface area contributed by atoms with Crippen LogP contribution < -0.4 is 10.2 Å². The van der Waals surface area contributed by atoms with Gasteiger partial charge in [0.2, 0.25) is 0 Å². The molecule has 0 atom stereocenters. The second-order valence-electron chi connectivity index (χ2n) is 7.23. The third-order valence-electron chi connectivity index (χ3n) is 5.27. The smallest absolute Gasteiger partial charge is 0.192 e. The van der Waals surface area contributed by atoms with Crippen molar-refractivity contribution in [2.75, 3.05) is 19.8 Å². The van der Waals surface area contributed by atoms with E-state index in [9.17, 15) is 4.79 Å². The van der Waals surface area contributed by atoms with E-state index in [0.717, 1.165) is 71.2 Å². The quantitative estimate of drug-likeness (QED) is 0.601. The van der Waals surface area contributed by atoms with E-state index >= 15 is 0 Å². The van der Waals surface area contributed by atoms with Crippen LogP contribution in [0.3, 0.4) is 0 Å². The maximum absolute atomic E-state index is 12.6. The van der Waals surface area contributed by atoms with Crippen molar-refractivity contribution in [1.29, 1.82) is 0 Å². The molecule has 28 heavy (non-hydrogen) atoms. The van der Waals surface area contributed by atoms with Crippen molar-refractivity contribution in [3.63, 3.8) is 0 Å². The van der Waals surface area contributed by atoms with E-state index < -0.39 is 0 Å². The van der Waals surface area contributed by atoms with Gasteiger partial charge in [-0.2, -0.15) is 0 Å². The van der Waals surface area contributed by atoms with Gasteiger partial charge in [0.15, 0.2) is 5.43 Å². The largest absolute Gasteiger partial charge is 0.493 e. The van der Waals surface area contributed by atoms with E-state index in [0.29, 0.717) is 5.92 Å². The highest BCUT2D eigenvalue weighted by Gasteiger charge is 2.14. The van der Waals surface area contributed by atoms with E-state index in [4.69, 9.17) is 9.47 Å². The molecule has 1 aliphatic heterocycles. The minimum atomic E-state index is 0.110. The van der Waals surface area contributed by atoms with Crippen molar-refractivity contribution in [2.45, 2.75) is 30.4 Å². The van der Waals surface area contributed by atoms with Gasteiger partial charge in [0.1, 0.15) is 5.75 Å². The molecule has 146 valence electrons. The Bertz CT molecular complexity index is 1010. The first-order valence-corrected chi connectivity index (χ1v) is 10.7. The van der Waals surface area contributed by atoms with Crippen LogP contribution in [0.15, 0.2) is 58.2 Å². The number of aromatic amines is 1. The van der Waals surface area contributed by atoms with E-state index in [1.807, 2.05) is 43.3 Å². The van der Waals surface area contributed by atoms with Crippen molar-refractivity contribution in [3.8, 4) is 5.75 Å². The van der Waals surface area contributed by atoms with Gasteiger partial charge in [-0.3, -0.25) is 4.79 Å². The molecule has 1 N–H and O–H groups in total. The molecule has 0 amide bonds. The van der Waals surface area contributed by atoms with Crippen molar-refractivity contribution in [1.82, 2.24) is 4.98 Å². The van der Waals surface area contributed by atoms with E-state index in [-0.39, 0.29) is 5.43 Å². The van der Waals surface area contributed by atoms with E-state index in [1.54, 1.807) is 11.8 Å². The van der Waals surface area contributed by atoms with Crippen LogP contribution in [-0.2, 0) is 10.5 Å². The number of hydrogen-bond donors (Lipinski definition) is 1. The maximum Gasteiger partial charge on any atom is 0.192 e. The maximum atomic E-state index is 12.6. The Labute approximate surface area is 169 Å². The summed E-state index contributed by atoms with van der Waals surface area (Å²) in [5.41, 5.74) is 2.76. The molecule has 0 spiro atoms. The number of fused-ring (bicyclic) bond motifs is 1. The number of para-hydroxylation sites is 1. The molecule has 1 fully saturated rings. The molecule has 0 radical (unpaired) electrons. The Balaban J connectivity index is 1.43. The lowest BCUT2D eigenvalue weighted by atomic mass is 10.0. The van der Waals surface area contributed by atoms with E-state index in [1.165, 1.54) is 0 Å². The summed E-state index contributed by atoms with van der Waals surface area (Å²) in [5.74, 6) is 2.20. The highest BCUT2D eigenvalue weighted by Crippen LogP contribution is 2.27. The summed E-state index contributed by atoms with van der Waals surface area (Å²) in [7, 11) is 0. The Morgan fingerprint density at radius 1 is 1.14 bits per heavy atom. The van der Waals surface area contributed by atoms with Crippen LogP contribution in [0.25, 0.3) is 10.9 Å². The van der Waals surface area contributed by atoms with Crippen LogP contribution in [0, 0.1) is 12.8 Å². The average Bonchev–Trinajstić information content (AvgIpc) is 2.75. The molecule has 4 nitrogen and oxygen atoms in total. The molecule has 5 heteroatoms. The monoisotopic (exact) mass is 395 g/mol. The first kappa shape index (κ1) is 19.1. The predicted molar refractivity (Wildman–Crippen MR) is 114 cm³/mol. The van der Waals surface area contributed by atoms with Crippen molar-refractivity contribution < 1.29 is 9.47 Å². The summed E-state index contributed by atoms with van der Waals surface area (Å²) >= 11 is 1.71. The van der Waals surface area contributed by atoms with Gasteiger partial charge in [-0.25, -0.2) is 0 Å². The molecule has 3 aromatic rings. The van der Waals surface area contributed by atoms with Gasteiger partial charge in [-0.05, 0) is 56.0 Å². The first-order chi connectivity index (χ1) is 13.7. The molecule has 0 saturated carbocycles. The molecule has 1 aromatic heterocycles. The molecule has 2 heterocycles. The molecule has 0 bridgehead atoms. The van der Waals surface area contributed by atoms with Gasteiger partial charge in [0.05, 0.1) is 6.61 Å². The summed E-state index contributed by atoms with van der Waals surface area (Å²) in [6.45, 7) is 4.32. The number of aromatic nitrogens is 1. The van der Waals surface area contributed by atoms with Crippen LogP contribution in [0.5, 0.6) is 5.75 Å². The lowest BCUT2D eigenvalue weighted by molar-refractivity contribution is 0.0497. The fourth-order valence-electron chi connectivity index (χ4n) is 3.47. The molecule has 1 aliphatic rings. The predicted octanol–water partition coefficient (Wildman–Crippen LogP) is 4.93. The lowest BCUT2D eigenvalue weighted by Crippen LogP contribution is -2.21. The molecule has 1 saturated heterocycles. The number of thioether (sulfide) groups is 1. The molecule has 0 aliphatic carbocycles. The van der Waals surface area contributed by atoms with Gasteiger partial charge >= 0.3 is 0 Å². The zero-order valence-corrected chi connectivity index (χ0v) is 16.9. The Kier molecular flexibility index (Phi) is 6.03. The van der Waals surface area contributed by atoms with Crippen LogP contribution in [0.4, 0.5) is 0 Å². The SMILES string of the molecule is Cc1c(CSc2cccc(OCC3CCOCC3)c2)[nH]c2ccccc2c1=O. The minimum Gasteiger partial charge on any atom is -0.493 e. The highest BCUT2D eigenvalue weighted by atomic mass is 32.2. The Hall–Kier alpha value is -2.24. The van der Waals surface area contributed by atoms with Gasteiger partial charge in [-0.1, -0.05) is 18.2 Å². The summed E-state index contributed by atoms with van der Waals surface area (Å²) < 4.78 is 11.4. The van der Waals surface area contributed by atoms with Crippen LogP contribution in [0.2, 0.25) is 0 Å². The highest BCUT2D eigenvalue weighted by molar-refractivity contribution is 7.98. The lowest BCUT2D eigenvalue weighted by Gasteiger charge is -2.22. The zero-order chi connectivity index (χ0) is 19.3. The normalized spacial score (nSPS) is 15.0. The minimum absolute atomic E-state index is 0.110. The van der Waals surface area contributed by atoms with Gasteiger partial charge in [-0.15, -0.1) is 11.8 Å². The molecule has 2 aromatic carbocycles. The second-order valence-corrected chi connectivity index (χ2v) is 8.28. The molecule has 0 unspecified atom stereocenters. The van der Waals surface area contributed by atoms with Gasteiger partial charge < -0.3 is 14.5 Å². The Morgan fingerprint density at radius 2 is 1.96 bits per heavy atom. The average molecular weight is 396 g/mol. The number of benzene rings is 2. The van der Waals surface area contributed by atoms with Crippen molar-refractivity contribution in [3.05, 3.63) is 70.0 Å². The fourth-order valence-corrected chi connectivity index (χ4v) is 4.44. The number of pyridine rings is 1. The summed E-state index contributed by atoms with van der Waals surface area (Å²) in [4.78, 5) is 17.2. The number of nitrogens with one attached hydrogen (secondary N) is 1. The summed E-state index contributed by atoms with van der Waals surface area (Å²) in [6, 6.07) is 15.9. The standard InChI is InChI=1S/C23H25NO3S/c1-16-22(24-21-8-3-2-7-20(21)23(16)25)15-28-19-6-4-5-18(13-19)27-14-17-9-11-26-12-10-17/h2-8,13,17H,9-12,14-15H2,1H3,(H,24,25). The van der Waals surface area contributed by atoms with Gasteiger partial charge in [0, 0.05) is 46.0 Å². The molecular weight excluding hydrogens is 370 g/mol. The van der Waals surface area contributed by atoms with Crippen molar-refractivity contribution >= 4 is 22.7 Å². The van der Waals surface area contributed by atoms with E-state index in [2.05, 4.69) is 17.1 Å². The third kappa shape index (κ3) is 4.42. The summed E-state index contributed by atoms with van der Waals surface area (Å²) in [6.07, 6.45) is 2.14. The molecule has 4 rings (SSSR count). The first-order valence-electron chi connectivity index (χ1n) is 9.74. The third-order valence-corrected chi connectivity index (χ3v) is 6.29. The summed E-state index contributed by atoms with van der Waals surface area (Å²) in [5, 5.41) is 0.747. The van der Waals surface area contributed by atoms with Crippen LogP contribution in [-0.4, -0.2) is 24.8 Å². The number of hydrogen-bond acceptors (Lipinski definition) is 4. The Morgan fingerprint density at radius 3 is 2.82 bits per heavy atom.